The van der Waals surface area contributed by atoms with Gasteiger partial charge in [0, 0.05) is 30.5 Å². The highest BCUT2D eigenvalue weighted by atomic mass is 16.5. The Labute approximate surface area is 220 Å². The van der Waals surface area contributed by atoms with E-state index in [1.807, 2.05) is 0 Å². The van der Waals surface area contributed by atoms with Crippen molar-refractivity contribution < 1.29 is 23.9 Å². The number of Topliss-reactive ketones (excluding diaryl/α,β-unsaturated/α-hetero) is 1. The third-order valence-electron chi connectivity index (χ3n) is 5.75. The number of carbonyl (C=O) groups is 4. The normalized spacial score (nSPS) is 11.9. The van der Waals surface area contributed by atoms with Gasteiger partial charge in [0.2, 0.25) is 11.8 Å². The summed E-state index contributed by atoms with van der Waals surface area (Å²) in [6.07, 6.45) is -1.03. The number of amides is 3. The second-order valence-electron chi connectivity index (χ2n) is 8.76. The number of hydrogen-bond donors (Lipinski definition) is 7. The molecule has 0 aromatic heterocycles. The van der Waals surface area contributed by atoms with Crippen molar-refractivity contribution in [2.45, 2.75) is 38.3 Å². The van der Waals surface area contributed by atoms with Crippen LogP contribution in [-0.2, 0) is 32.1 Å². The van der Waals surface area contributed by atoms with Crippen molar-refractivity contribution in [3.63, 3.8) is 0 Å². The molecule has 0 aliphatic rings. The first-order valence-electron chi connectivity index (χ1n) is 11.7. The van der Waals surface area contributed by atoms with Gasteiger partial charge < -0.3 is 36.9 Å². The lowest BCUT2D eigenvalue weighted by molar-refractivity contribution is -0.131. The number of methoxy groups -OCH3 is 1. The molecule has 202 valence electrons. The minimum absolute atomic E-state index is 0.0253. The first-order chi connectivity index (χ1) is 18.0. The molecule has 3 amide bonds. The standard InChI is InChI=1S/C26H33N7O5/c1-16(34)9-10-26(33-25(37)38-2,13-17-5-3-7-19(11-17)22(27)28)24(36)32-15-21(35)31-14-18-6-4-8-20(12-18)23(29)30/h3-8,11-12H,9-10,13-15H2,1-2H3,(H3,27,28)(H3,29,30)(H,31,35)(H,32,36)(H,33,37)/t26-/m1/s1. The topological polar surface area (TPSA) is 213 Å². The molecule has 1 atom stereocenters. The fourth-order valence-electron chi connectivity index (χ4n) is 3.72. The number of carbonyl (C=O) groups excluding carboxylic acids is 4. The predicted molar refractivity (Wildman–Crippen MR) is 142 cm³/mol. The van der Waals surface area contributed by atoms with Crippen LogP contribution >= 0.6 is 0 Å². The number of ether oxygens (including phenoxy) is 1. The maximum absolute atomic E-state index is 13.5. The van der Waals surface area contributed by atoms with Crippen LogP contribution in [0.25, 0.3) is 0 Å². The summed E-state index contributed by atoms with van der Waals surface area (Å²) in [4.78, 5) is 50.0. The zero-order valence-electron chi connectivity index (χ0n) is 21.4. The molecule has 2 aromatic carbocycles. The van der Waals surface area contributed by atoms with Gasteiger partial charge in [0.1, 0.15) is 23.0 Å². The van der Waals surface area contributed by atoms with E-state index in [0.29, 0.717) is 22.3 Å². The molecule has 0 saturated carbocycles. The maximum Gasteiger partial charge on any atom is 0.407 e. The Morgan fingerprint density at radius 3 is 2.05 bits per heavy atom. The summed E-state index contributed by atoms with van der Waals surface area (Å²) in [7, 11) is 1.15. The van der Waals surface area contributed by atoms with Crippen LogP contribution in [0.3, 0.4) is 0 Å². The first-order valence-corrected chi connectivity index (χ1v) is 11.7. The Morgan fingerprint density at radius 2 is 1.50 bits per heavy atom. The van der Waals surface area contributed by atoms with Crippen LogP contribution in [0.1, 0.15) is 42.0 Å². The fraction of sp³-hybridized carbons (Fsp3) is 0.308. The zero-order chi connectivity index (χ0) is 28.3. The average molecular weight is 524 g/mol. The lowest BCUT2D eigenvalue weighted by Crippen LogP contribution is -2.61. The number of hydrogen-bond acceptors (Lipinski definition) is 7. The van der Waals surface area contributed by atoms with Gasteiger partial charge in [0.25, 0.3) is 0 Å². The van der Waals surface area contributed by atoms with Crippen molar-refractivity contribution in [2.24, 2.45) is 11.5 Å². The van der Waals surface area contributed by atoms with E-state index in [4.69, 9.17) is 27.0 Å². The molecule has 0 radical (unpaired) electrons. The molecule has 0 heterocycles. The number of ketones is 1. The van der Waals surface area contributed by atoms with E-state index in [1.165, 1.54) is 6.92 Å². The van der Waals surface area contributed by atoms with Gasteiger partial charge in [0.15, 0.2) is 0 Å². The zero-order valence-corrected chi connectivity index (χ0v) is 21.4. The molecule has 0 spiro atoms. The molecule has 0 fully saturated rings. The molecule has 0 bridgehead atoms. The highest BCUT2D eigenvalue weighted by Crippen LogP contribution is 2.22. The van der Waals surface area contributed by atoms with E-state index in [2.05, 4.69) is 16.0 Å². The summed E-state index contributed by atoms with van der Waals surface area (Å²) in [5.41, 5.74) is 11.7. The van der Waals surface area contributed by atoms with Gasteiger partial charge in [0.05, 0.1) is 13.7 Å². The molecule has 0 saturated heterocycles. The van der Waals surface area contributed by atoms with Crippen molar-refractivity contribution in [1.29, 1.82) is 10.8 Å². The van der Waals surface area contributed by atoms with Gasteiger partial charge in [-0.05, 0) is 36.6 Å². The van der Waals surface area contributed by atoms with Crippen LogP contribution in [0.5, 0.6) is 0 Å². The van der Waals surface area contributed by atoms with Crippen LogP contribution < -0.4 is 27.4 Å². The summed E-state index contributed by atoms with van der Waals surface area (Å²) < 4.78 is 4.73. The van der Waals surface area contributed by atoms with Crippen LogP contribution in [0.2, 0.25) is 0 Å². The number of benzene rings is 2. The SMILES string of the molecule is COC(=O)N[C@](CCC(C)=O)(Cc1cccc(C(=N)N)c1)C(=O)NCC(=O)NCc1cccc(C(=N)N)c1. The highest BCUT2D eigenvalue weighted by Gasteiger charge is 2.40. The lowest BCUT2D eigenvalue weighted by atomic mass is 9.84. The Hall–Kier alpha value is -4.74. The third-order valence-corrected chi connectivity index (χ3v) is 5.75. The molecule has 2 rings (SSSR count). The quantitative estimate of drug-likeness (QED) is 0.147. The van der Waals surface area contributed by atoms with E-state index in [1.54, 1.807) is 48.5 Å². The monoisotopic (exact) mass is 523 g/mol. The molecule has 38 heavy (non-hydrogen) atoms. The van der Waals surface area contributed by atoms with Crippen LogP contribution in [0.15, 0.2) is 48.5 Å². The third kappa shape index (κ3) is 8.73. The molecule has 0 aliphatic carbocycles. The highest BCUT2D eigenvalue weighted by molar-refractivity contribution is 5.96. The van der Waals surface area contributed by atoms with Gasteiger partial charge in [-0.3, -0.25) is 20.4 Å². The van der Waals surface area contributed by atoms with Gasteiger partial charge in [-0.15, -0.1) is 0 Å². The summed E-state index contributed by atoms with van der Waals surface area (Å²) in [5, 5.41) is 23.0. The number of nitrogens with two attached hydrogens (primary N) is 2. The van der Waals surface area contributed by atoms with Crippen molar-refractivity contribution in [2.75, 3.05) is 13.7 Å². The number of nitrogen functional groups attached to an aromatic ring is 2. The van der Waals surface area contributed by atoms with E-state index in [9.17, 15) is 19.2 Å². The molecule has 0 aliphatic heterocycles. The van der Waals surface area contributed by atoms with Gasteiger partial charge in [-0.1, -0.05) is 36.4 Å². The van der Waals surface area contributed by atoms with Crippen LogP contribution in [-0.4, -0.2) is 54.6 Å². The summed E-state index contributed by atoms with van der Waals surface area (Å²) in [6, 6.07) is 13.4. The average Bonchev–Trinajstić information content (AvgIpc) is 2.89. The summed E-state index contributed by atoms with van der Waals surface area (Å²) in [6.45, 7) is 1.11. The number of nitrogens with one attached hydrogen (secondary N) is 5. The fourth-order valence-corrected chi connectivity index (χ4v) is 3.72. The summed E-state index contributed by atoms with van der Waals surface area (Å²) in [5.74, 6) is -1.65. The Kier molecular flexibility index (Phi) is 10.5. The Balaban J connectivity index is 2.22. The summed E-state index contributed by atoms with van der Waals surface area (Å²) >= 11 is 0. The molecule has 9 N–H and O–H groups in total. The molecule has 0 unspecified atom stereocenters. The van der Waals surface area contributed by atoms with Crippen molar-refractivity contribution in [1.82, 2.24) is 16.0 Å². The van der Waals surface area contributed by atoms with Crippen molar-refractivity contribution in [3.05, 3.63) is 70.8 Å². The van der Waals surface area contributed by atoms with Gasteiger partial charge >= 0.3 is 6.09 Å². The van der Waals surface area contributed by atoms with E-state index >= 15 is 0 Å². The van der Waals surface area contributed by atoms with Crippen molar-refractivity contribution in [3.8, 4) is 0 Å². The van der Waals surface area contributed by atoms with Crippen molar-refractivity contribution >= 4 is 35.4 Å². The number of rotatable bonds is 13. The molecular weight excluding hydrogens is 490 g/mol. The van der Waals surface area contributed by atoms with Crippen LogP contribution in [0.4, 0.5) is 4.79 Å². The molecule has 12 nitrogen and oxygen atoms in total. The van der Waals surface area contributed by atoms with E-state index < -0.39 is 30.0 Å². The second kappa shape index (κ2) is 13.5. The van der Waals surface area contributed by atoms with Crippen LogP contribution in [0, 0.1) is 10.8 Å². The van der Waals surface area contributed by atoms with Gasteiger partial charge in [-0.25, -0.2) is 4.79 Å². The Morgan fingerprint density at radius 1 is 0.921 bits per heavy atom. The predicted octanol–water partition coefficient (Wildman–Crippen LogP) is 0.694. The Bertz CT molecular complexity index is 1230. The maximum atomic E-state index is 13.5. The molecular formula is C26H33N7O5. The van der Waals surface area contributed by atoms with E-state index in [0.717, 1.165) is 7.11 Å². The number of alkyl carbamates (subject to hydrolysis) is 1. The second-order valence-corrected chi connectivity index (χ2v) is 8.76. The lowest BCUT2D eigenvalue weighted by Gasteiger charge is -2.33. The minimum atomic E-state index is -1.63. The van der Waals surface area contributed by atoms with E-state index in [-0.39, 0.29) is 43.3 Å². The molecule has 12 heteroatoms. The largest absolute Gasteiger partial charge is 0.453 e. The van der Waals surface area contributed by atoms with Gasteiger partial charge in [-0.2, -0.15) is 0 Å². The number of amidine groups is 2. The minimum Gasteiger partial charge on any atom is -0.453 e. The first kappa shape index (κ1) is 29.5. The molecule has 2 aromatic rings. The smallest absolute Gasteiger partial charge is 0.407 e.